The molecule has 0 atom stereocenters. The van der Waals surface area contributed by atoms with Crippen LogP contribution in [0, 0.1) is 0 Å². The van der Waals surface area contributed by atoms with Crippen molar-refractivity contribution in [3.05, 3.63) is 101 Å². The van der Waals surface area contributed by atoms with Crippen molar-refractivity contribution in [2.75, 3.05) is 20.6 Å². The summed E-state index contributed by atoms with van der Waals surface area (Å²) in [7, 11) is 4.18. The van der Waals surface area contributed by atoms with Gasteiger partial charge in [-0.2, -0.15) is 0 Å². The number of rotatable bonds is 5. The highest BCUT2D eigenvalue weighted by Crippen LogP contribution is 2.27. The summed E-state index contributed by atoms with van der Waals surface area (Å²) in [5, 5.41) is 0. The Bertz CT molecular complexity index is 832. The summed E-state index contributed by atoms with van der Waals surface area (Å²) < 4.78 is 1.10. The molecule has 126 valence electrons. The quantitative estimate of drug-likeness (QED) is 0.506. The molecule has 0 N–H and O–H groups in total. The summed E-state index contributed by atoms with van der Waals surface area (Å²) in [6, 6.07) is 27.8. The van der Waals surface area contributed by atoms with Gasteiger partial charge in [0.2, 0.25) is 0 Å². The molecule has 0 heterocycles. The van der Waals surface area contributed by atoms with Crippen LogP contribution in [0.2, 0.25) is 0 Å². The Labute approximate surface area is 158 Å². The smallest absolute Gasteiger partial charge is 0.0175 e. The third kappa shape index (κ3) is 4.68. The minimum atomic E-state index is 0.909. The van der Waals surface area contributed by atoms with Gasteiger partial charge < -0.3 is 4.90 Å². The molecular weight excluding hydrogens is 370 g/mol. The molecule has 25 heavy (non-hydrogen) atoms. The Hall–Kier alpha value is -2.16. The first-order valence-electron chi connectivity index (χ1n) is 8.40. The van der Waals surface area contributed by atoms with E-state index in [9.17, 15) is 0 Å². The second-order valence-corrected chi connectivity index (χ2v) is 7.25. The largest absolute Gasteiger partial charge is 0.306 e. The van der Waals surface area contributed by atoms with Gasteiger partial charge in [0.15, 0.2) is 0 Å². The van der Waals surface area contributed by atoms with Crippen molar-refractivity contribution in [3.8, 4) is 11.1 Å². The van der Waals surface area contributed by atoms with Gasteiger partial charge in [-0.15, -0.1) is 0 Å². The molecule has 0 aliphatic carbocycles. The molecule has 3 aromatic carbocycles. The van der Waals surface area contributed by atoms with Crippen molar-refractivity contribution < 1.29 is 0 Å². The molecule has 0 fully saturated rings. The first-order valence-corrected chi connectivity index (χ1v) is 9.19. The predicted molar refractivity (Wildman–Crippen MR) is 112 cm³/mol. The van der Waals surface area contributed by atoms with Crippen molar-refractivity contribution in [3.63, 3.8) is 0 Å². The van der Waals surface area contributed by atoms with Gasteiger partial charge in [-0.1, -0.05) is 88.7 Å². The molecule has 0 amide bonds. The zero-order chi connectivity index (χ0) is 17.6. The van der Waals surface area contributed by atoms with Gasteiger partial charge >= 0.3 is 0 Å². The van der Waals surface area contributed by atoms with Crippen molar-refractivity contribution in [2.45, 2.75) is 0 Å². The molecule has 0 aliphatic heterocycles. The molecule has 0 saturated carbocycles. The maximum atomic E-state index is 3.52. The maximum Gasteiger partial charge on any atom is 0.0175 e. The second-order valence-electron chi connectivity index (χ2n) is 6.33. The van der Waals surface area contributed by atoms with Crippen molar-refractivity contribution >= 4 is 21.5 Å². The van der Waals surface area contributed by atoms with Crippen molar-refractivity contribution in [2.24, 2.45) is 0 Å². The highest BCUT2D eigenvalue weighted by atomic mass is 79.9. The van der Waals surface area contributed by atoms with Crippen LogP contribution in [-0.4, -0.2) is 25.5 Å². The van der Waals surface area contributed by atoms with Gasteiger partial charge in [0.05, 0.1) is 0 Å². The van der Waals surface area contributed by atoms with E-state index in [1.54, 1.807) is 0 Å². The Balaban J connectivity index is 1.96. The fraction of sp³-hybridized carbons (Fsp3) is 0.130. The standard InChI is InChI=1S/C23H22BrN/c1-25(2)17-16-23(21-12-14-22(24)15-13-21)20-10-8-19(9-11-20)18-6-4-3-5-7-18/h3-16H,17H2,1-2H3/b23-16-. The van der Waals surface area contributed by atoms with Crippen LogP contribution < -0.4 is 0 Å². The molecule has 2 heteroatoms. The Morgan fingerprint density at radius 1 is 0.760 bits per heavy atom. The Morgan fingerprint density at radius 2 is 1.28 bits per heavy atom. The summed E-state index contributed by atoms with van der Waals surface area (Å²) in [5.41, 5.74) is 6.23. The summed E-state index contributed by atoms with van der Waals surface area (Å²) in [4.78, 5) is 2.18. The van der Waals surface area contributed by atoms with Crippen LogP contribution in [0.15, 0.2) is 89.4 Å². The number of hydrogen-bond acceptors (Lipinski definition) is 1. The molecular formula is C23H22BrN. The number of benzene rings is 3. The number of halogens is 1. The molecule has 0 saturated heterocycles. The van der Waals surface area contributed by atoms with E-state index in [1.165, 1.54) is 27.8 Å². The minimum absolute atomic E-state index is 0.909. The minimum Gasteiger partial charge on any atom is -0.306 e. The van der Waals surface area contributed by atoms with Crippen LogP contribution in [0.4, 0.5) is 0 Å². The van der Waals surface area contributed by atoms with E-state index in [0.29, 0.717) is 0 Å². The van der Waals surface area contributed by atoms with Crippen LogP contribution in [0.5, 0.6) is 0 Å². The van der Waals surface area contributed by atoms with E-state index in [4.69, 9.17) is 0 Å². The topological polar surface area (TPSA) is 3.24 Å². The zero-order valence-electron chi connectivity index (χ0n) is 14.6. The monoisotopic (exact) mass is 391 g/mol. The highest BCUT2D eigenvalue weighted by molar-refractivity contribution is 9.10. The van der Waals surface area contributed by atoms with E-state index < -0.39 is 0 Å². The fourth-order valence-electron chi connectivity index (χ4n) is 2.78. The van der Waals surface area contributed by atoms with Gasteiger partial charge in [-0.25, -0.2) is 0 Å². The average molecular weight is 392 g/mol. The van der Waals surface area contributed by atoms with Crippen LogP contribution in [0.3, 0.4) is 0 Å². The predicted octanol–water partition coefficient (Wildman–Crippen LogP) is 6.11. The summed E-state index contributed by atoms with van der Waals surface area (Å²) in [6.45, 7) is 0.909. The molecule has 1 nitrogen and oxygen atoms in total. The van der Waals surface area contributed by atoms with Crippen LogP contribution in [0.1, 0.15) is 11.1 Å². The molecule has 3 rings (SSSR count). The third-order valence-electron chi connectivity index (χ3n) is 4.12. The van der Waals surface area contributed by atoms with Crippen LogP contribution >= 0.6 is 15.9 Å². The molecule has 0 unspecified atom stereocenters. The molecule has 3 aromatic rings. The number of nitrogens with zero attached hydrogens (tertiary/aromatic N) is 1. The summed E-state index contributed by atoms with van der Waals surface area (Å²) >= 11 is 3.52. The number of likely N-dealkylation sites (N-methyl/N-ethyl adjacent to an activating group) is 1. The molecule has 0 aromatic heterocycles. The average Bonchev–Trinajstić information content (AvgIpc) is 2.64. The van der Waals surface area contributed by atoms with Gasteiger partial charge in [-0.3, -0.25) is 0 Å². The normalized spacial score (nSPS) is 11.8. The molecule has 0 spiro atoms. The van der Waals surface area contributed by atoms with Gasteiger partial charge in [0.1, 0.15) is 0 Å². The zero-order valence-corrected chi connectivity index (χ0v) is 16.2. The summed E-state index contributed by atoms with van der Waals surface area (Å²) in [6.07, 6.45) is 2.29. The number of hydrogen-bond donors (Lipinski definition) is 0. The molecule has 0 bridgehead atoms. The lowest BCUT2D eigenvalue weighted by atomic mass is 9.95. The molecule has 0 radical (unpaired) electrons. The first-order chi connectivity index (χ1) is 12.1. The summed E-state index contributed by atoms with van der Waals surface area (Å²) in [5.74, 6) is 0. The van der Waals surface area contributed by atoms with E-state index >= 15 is 0 Å². The van der Waals surface area contributed by atoms with Crippen molar-refractivity contribution in [1.82, 2.24) is 4.90 Å². The van der Waals surface area contributed by atoms with E-state index in [2.05, 4.69) is 114 Å². The van der Waals surface area contributed by atoms with Crippen molar-refractivity contribution in [1.29, 1.82) is 0 Å². The van der Waals surface area contributed by atoms with Gasteiger partial charge in [0.25, 0.3) is 0 Å². The fourth-order valence-corrected chi connectivity index (χ4v) is 3.04. The van der Waals surface area contributed by atoms with E-state index in [-0.39, 0.29) is 0 Å². The van der Waals surface area contributed by atoms with Gasteiger partial charge in [-0.05, 0) is 54.1 Å². The molecule has 0 aliphatic rings. The highest BCUT2D eigenvalue weighted by Gasteiger charge is 2.06. The lowest BCUT2D eigenvalue weighted by molar-refractivity contribution is 0.457. The van der Waals surface area contributed by atoms with Gasteiger partial charge in [0, 0.05) is 11.0 Å². The first kappa shape index (κ1) is 17.7. The third-order valence-corrected chi connectivity index (χ3v) is 4.65. The maximum absolute atomic E-state index is 3.52. The lowest BCUT2D eigenvalue weighted by Crippen LogP contribution is -2.11. The SMILES string of the molecule is CN(C)C/C=C(\c1ccc(Br)cc1)c1ccc(-c2ccccc2)cc1. The Morgan fingerprint density at radius 3 is 1.84 bits per heavy atom. The lowest BCUT2D eigenvalue weighted by Gasteiger charge is -2.13. The Kier molecular flexibility index (Phi) is 5.85. The van der Waals surface area contributed by atoms with E-state index in [1.807, 2.05) is 6.07 Å². The van der Waals surface area contributed by atoms with Crippen LogP contribution in [-0.2, 0) is 0 Å². The van der Waals surface area contributed by atoms with E-state index in [0.717, 1.165) is 11.0 Å². The second kappa shape index (κ2) is 8.28. The van der Waals surface area contributed by atoms with Crippen LogP contribution in [0.25, 0.3) is 16.7 Å².